The second-order valence-electron chi connectivity index (χ2n) is 5.84. The lowest BCUT2D eigenvalue weighted by atomic mass is 10.0. The number of carbonyl (C=O) groups is 2. The molecule has 0 spiro atoms. The number of amides is 2. The zero-order valence-corrected chi connectivity index (χ0v) is 15.2. The zero-order valence-electron chi connectivity index (χ0n) is 15.2. The van der Waals surface area contributed by atoms with E-state index in [1.54, 1.807) is 30.3 Å². The third-order valence-electron chi connectivity index (χ3n) is 3.90. The van der Waals surface area contributed by atoms with E-state index in [4.69, 9.17) is 9.57 Å². The minimum absolute atomic E-state index is 0.0484. The number of rotatable bonds is 7. The molecule has 2 aromatic carbocycles. The van der Waals surface area contributed by atoms with Crippen LogP contribution in [-0.4, -0.2) is 37.3 Å². The van der Waals surface area contributed by atoms with E-state index in [-0.39, 0.29) is 12.2 Å². The summed E-state index contributed by atoms with van der Waals surface area (Å²) in [7, 11) is 2.51. The van der Waals surface area contributed by atoms with Gasteiger partial charge in [-0.3, -0.25) is 9.63 Å². The number of nitrogens with zero attached hydrogens (tertiary/aromatic N) is 1. The quantitative estimate of drug-likeness (QED) is 0.577. The predicted molar refractivity (Wildman–Crippen MR) is 93.3 cm³/mol. The Labute approximate surface area is 159 Å². The summed E-state index contributed by atoms with van der Waals surface area (Å²) < 4.78 is 45.5. The fraction of sp³-hybridized carbons (Fsp3) is 0.263. The molecule has 2 rings (SSSR count). The fourth-order valence-electron chi connectivity index (χ4n) is 2.36. The first-order valence-electron chi connectivity index (χ1n) is 8.24. The van der Waals surface area contributed by atoms with Crippen LogP contribution in [0.4, 0.5) is 18.0 Å². The number of hydrogen-bond acceptors (Lipinski definition) is 4. The first kappa shape index (κ1) is 21.2. The first-order valence-corrected chi connectivity index (χ1v) is 8.24. The van der Waals surface area contributed by atoms with Crippen LogP contribution in [0.1, 0.15) is 11.1 Å². The van der Waals surface area contributed by atoms with Crippen LogP contribution in [0, 0.1) is 17.5 Å². The van der Waals surface area contributed by atoms with Gasteiger partial charge in [-0.2, -0.15) is 0 Å². The monoisotopic (exact) mass is 396 g/mol. The molecule has 150 valence electrons. The maximum atomic E-state index is 13.9. The minimum atomic E-state index is -1.35. The predicted octanol–water partition coefficient (Wildman–Crippen LogP) is 2.96. The van der Waals surface area contributed by atoms with Crippen LogP contribution in [0.15, 0.2) is 42.5 Å². The molecule has 0 bridgehead atoms. The second kappa shape index (κ2) is 9.75. The number of hydroxylamine groups is 2. The van der Waals surface area contributed by atoms with Gasteiger partial charge in [-0.05, 0) is 17.2 Å². The maximum Gasteiger partial charge on any atom is 0.408 e. The Bertz CT molecular complexity index is 833. The Kier molecular flexibility index (Phi) is 7.39. The molecular weight excluding hydrogens is 377 g/mol. The third-order valence-corrected chi connectivity index (χ3v) is 3.90. The average molecular weight is 396 g/mol. The van der Waals surface area contributed by atoms with Crippen molar-refractivity contribution in [2.75, 3.05) is 14.2 Å². The number of carbonyl (C=O) groups excluding carboxylic acids is 2. The van der Waals surface area contributed by atoms with Gasteiger partial charge in [0.25, 0.3) is 5.91 Å². The van der Waals surface area contributed by atoms with Gasteiger partial charge < -0.3 is 10.1 Å². The highest BCUT2D eigenvalue weighted by atomic mass is 19.2. The highest BCUT2D eigenvalue weighted by molar-refractivity contribution is 5.85. The molecule has 0 aromatic heterocycles. The number of alkyl carbamates (subject to hydrolysis) is 1. The van der Waals surface area contributed by atoms with Crippen LogP contribution in [0.2, 0.25) is 0 Å². The lowest BCUT2D eigenvalue weighted by Gasteiger charge is -2.23. The summed E-state index contributed by atoms with van der Waals surface area (Å²) in [5.41, 5.74) is 0.436. The topological polar surface area (TPSA) is 67.9 Å². The van der Waals surface area contributed by atoms with Gasteiger partial charge in [0, 0.05) is 19.5 Å². The molecule has 0 saturated heterocycles. The van der Waals surface area contributed by atoms with Crippen molar-refractivity contribution >= 4 is 12.0 Å². The largest absolute Gasteiger partial charge is 0.445 e. The van der Waals surface area contributed by atoms with Crippen molar-refractivity contribution in [2.45, 2.75) is 19.1 Å². The Hall–Kier alpha value is -3.07. The van der Waals surface area contributed by atoms with Crippen molar-refractivity contribution in [3.63, 3.8) is 0 Å². The van der Waals surface area contributed by atoms with Gasteiger partial charge in [-0.25, -0.2) is 23.0 Å². The van der Waals surface area contributed by atoms with Crippen LogP contribution in [-0.2, 0) is 27.4 Å². The Balaban J connectivity index is 2.12. The Morgan fingerprint density at radius 2 is 1.71 bits per heavy atom. The van der Waals surface area contributed by atoms with Gasteiger partial charge >= 0.3 is 6.09 Å². The molecule has 28 heavy (non-hydrogen) atoms. The van der Waals surface area contributed by atoms with Crippen molar-refractivity contribution < 1.29 is 32.3 Å². The molecule has 6 nitrogen and oxygen atoms in total. The van der Waals surface area contributed by atoms with Gasteiger partial charge in [0.2, 0.25) is 0 Å². The molecule has 9 heteroatoms. The summed E-state index contributed by atoms with van der Waals surface area (Å²) >= 11 is 0. The maximum absolute atomic E-state index is 13.9. The molecular formula is C19H19F3N2O4. The number of likely N-dealkylation sites (N-methyl/N-ethyl adjacent to an activating group) is 1. The van der Waals surface area contributed by atoms with Crippen LogP contribution >= 0.6 is 0 Å². The normalized spacial score (nSPS) is 11.6. The summed E-state index contributed by atoms with van der Waals surface area (Å²) in [6.45, 7) is -0.0484. The molecule has 1 atom stereocenters. The molecule has 0 aliphatic rings. The lowest BCUT2D eigenvalue weighted by molar-refractivity contribution is -0.170. The molecule has 2 aromatic rings. The molecule has 0 saturated carbocycles. The van der Waals surface area contributed by atoms with E-state index in [9.17, 15) is 22.8 Å². The Morgan fingerprint density at radius 3 is 2.36 bits per heavy atom. The van der Waals surface area contributed by atoms with E-state index in [1.807, 2.05) is 0 Å². The van der Waals surface area contributed by atoms with E-state index in [0.29, 0.717) is 12.1 Å². The number of ether oxygens (including phenoxy) is 1. The second-order valence-corrected chi connectivity index (χ2v) is 5.84. The standard InChI is InChI=1S/C19H19F3N2O4/c1-24(27-2)18(25)17(9-13-8-15(21)16(22)10-14(13)20)23-19(26)28-11-12-6-4-3-5-7-12/h3-8,10,17H,9,11H2,1-2H3,(H,23,26)/t17-/m1/s1. The summed E-state index contributed by atoms with van der Waals surface area (Å²) in [6, 6.07) is 8.50. The van der Waals surface area contributed by atoms with E-state index in [1.165, 1.54) is 14.2 Å². The SMILES string of the molecule is CON(C)C(=O)[C@@H](Cc1cc(F)c(F)cc1F)NC(=O)OCc1ccccc1. The number of halogens is 3. The summed E-state index contributed by atoms with van der Waals surface area (Å²) in [5.74, 6) is -4.40. The molecule has 0 heterocycles. The van der Waals surface area contributed by atoms with Gasteiger partial charge in [-0.1, -0.05) is 30.3 Å². The van der Waals surface area contributed by atoms with Crippen LogP contribution in [0.5, 0.6) is 0 Å². The van der Waals surface area contributed by atoms with Gasteiger partial charge in [-0.15, -0.1) is 0 Å². The number of nitrogens with one attached hydrogen (secondary N) is 1. The molecule has 0 radical (unpaired) electrons. The lowest BCUT2D eigenvalue weighted by Crippen LogP contribution is -2.48. The molecule has 0 aliphatic carbocycles. The van der Waals surface area contributed by atoms with Crippen molar-refractivity contribution in [3.8, 4) is 0 Å². The smallest absolute Gasteiger partial charge is 0.408 e. The molecule has 0 aliphatic heterocycles. The highest BCUT2D eigenvalue weighted by Crippen LogP contribution is 2.16. The van der Waals surface area contributed by atoms with Gasteiger partial charge in [0.1, 0.15) is 18.5 Å². The Morgan fingerprint density at radius 1 is 1.07 bits per heavy atom. The van der Waals surface area contributed by atoms with E-state index >= 15 is 0 Å². The molecule has 0 unspecified atom stereocenters. The van der Waals surface area contributed by atoms with Crippen LogP contribution < -0.4 is 5.32 Å². The number of benzene rings is 2. The van der Waals surface area contributed by atoms with Crippen molar-refractivity contribution in [1.29, 1.82) is 0 Å². The molecule has 1 N–H and O–H groups in total. The molecule has 0 fully saturated rings. The van der Waals surface area contributed by atoms with E-state index < -0.39 is 41.9 Å². The van der Waals surface area contributed by atoms with Crippen molar-refractivity contribution in [1.82, 2.24) is 10.4 Å². The van der Waals surface area contributed by atoms with Crippen LogP contribution in [0.25, 0.3) is 0 Å². The zero-order chi connectivity index (χ0) is 20.7. The summed E-state index contributed by atoms with van der Waals surface area (Å²) in [5, 5.41) is 3.12. The van der Waals surface area contributed by atoms with Gasteiger partial charge in [0.05, 0.1) is 7.11 Å². The third kappa shape index (κ3) is 5.71. The fourth-order valence-corrected chi connectivity index (χ4v) is 2.36. The average Bonchev–Trinajstić information content (AvgIpc) is 2.69. The number of hydrogen-bond donors (Lipinski definition) is 1. The van der Waals surface area contributed by atoms with E-state index in [0.717, 1.165) is 10.6 Å². The minimum Gasteiger partial charge on any atom is -0.445 e. The summed E-state index contributed by atoms with van der Waals surface area (Å²) in [4.78, 5) is 29.2. The van der Waals surface area contributed by atoms with Gasteiger partial charge in [0.15, 0.2) is 11.6 Å². The van der Waals surface area contributed by atoms with E-state index in [2.05, 4.69) is 5.32 Å². The van der Waals surface area contributed by atoms with Crippen LogP contribution in [0.3, 0.4) is 0 Å². The highest BCUT2D eigenvalue weighted by Gasteiger charge is 2.27. The summed E-state index contributed by atoms with van der Waals surface area (Å²) in [6.07, 6.45) is -1.37. The first-order chi connectivity index (χ1) is 13.3. The molecule has 2 amide bonds. The van der Waals surface area contributed by atoms with Crippen molar-refractivity contribution in [2.24, 2.45) is 0 Å². The van der Waals surface area contributed by atoms with Crippen molar-refractivity contribution in [3.05, 3.63) is 71.0 Å².